The molecule has 0 fully saturated rings. The van der Waals surface area contributed by atoms with Crippen molar-refractivity contribution in [3.63, 3.8) is 0 Å². The fraction of sp³-hybridized carbons (Fsp3) is 0.429. The van der Waals surface area contributed by atoms with Crippen LogP contribution in [0.5, 0.6) is 0 Å². The average molecular weight is 280 g/mol. The molecular weight excluding hydrogens is 260 g/mol. The van der Waals surface area contributed by atoms with Crippen LogP contribution in [0, 0.1) is 0 Å². The molecule has 1 aromatic rings. The Labute approximate surface area is 118 Å². The molecule has 5 heteroatoms. The van der Waals surface area contributed by atoms with Crippen LogP contribution >= 0.6 is 11.8 Å². The molecule has 0 radical (unpaired) electrons. The highest BCUT2D eigenvalue weighted by Gasteiger charge is 2.15. The van der Waals surface area contributed by atoms with Crippen molar-refractivity contribution in [2.24, 2.45) is 0 Å². The Hall–Kier alpha value is -1.49. The summed E-state index contributed by atoms with van der Waals surface area (Å²) in [6.07, 6.45) is 2.01. The molecule has 0 aliphatic carbocycles. The van der Waals surface area contributed by atoms with Gasteiger partial charge in [-0.15, -0.1) is 0 Å². The Morgan fingerprint density at radius 2 is 2.11 bits per heavy atom. The molecule has 0 saturated heterocycles. The summed E-state index contributed by atoms with van der Waals surface area (Å²) in [4.78, 5) is 25.0. The number of anilines is 1. The molecular formula is C14H20N2O2S. The monoisotopic (exact) mass is 280 g/mol. The first kappa shape index (κ1) is 15.6. The van der Waals surface area contributed by atoms with Crippen molar-refractivity contribution in [3.8, 4) is 0 Å². The molecule has 0 spiro atoms. The summed E-state index contributed by atoms with van der Waals surface area (Å²) in [6.45, 7) is 3.51. The van der Waals surface area contributed by atoms with Crippen LogP contribution in [0.15, 0.2) is 24.3 Å². The van der Waals surface area contributed by atoms with E-state index in [1.54, 1.807) is 48.0 Å². The molecule has 1 rings (SSSR count). The van der Waals surface area contributed by atoms with Gasteiger partial charge in [0.05, 0.1) is 0 Å². The number of nitrogens with one attached hydrogen (secondary N) is 1. The number of rotatable bonds is 5. The molecule has 19 heavy (non-hydrogen) atoms. The third kappa shape index (κ3) is 4.59. The maximum absolute atomic E-state index is 12.0. The summed E-state index contributed by atoms with van der Waals surface area (Å²) in [5, 5.41) is 2.80. The molecule has 0 bridgehead atoms. The first-order valence-corrected chi connectivity index (χ1v) is 7.49. The van der Waals surface area contributed by atoms with Crippen LogP contribution in [-0.4, -0.2) is 41.8 Å². The van der Waals surface area contributed by atoms with Crippen LogP contribution in [0.2, 0.25) is 0 Å². The molecule has 0 aliphatic heterocycles. The second-order valence-corrected chi connectivity index (χ2v) is 5.39. The van der Waals surface area contributed by atoms with E-state index >= 15 is 0 Å². The van der Waals surface area contributed by atoms with Gasteiger partial charge < -0.3 is 10.2 Å². The molecule has 1 aromatic carbocycles. The van der Waals surface area contributed by atoms with Gasteiger partial charge in [0.1, 0.15) is 0 Å². The molecule has 0 heterocycles. The highest BCUT2D eigenvalue weighted by atomic mass is 32.2. The number of nitrogens with zero attached hydrogens (tertiary/aromatic N) is 1. The zero-order valence-electron chi connectivity index (χ0n) is 11.8. The quantitative estimate of drug-likeness (QED) is 0.843. The minimum Gasteiger partial charge on any atom is -0.324 e. The third-order valence-corrected chi connectivity index (χ3v) is 3.73. The van der Waals surface area contributed by atoms with Crippen molar-refractivity contribution in [1.82, 2.24) is 4.90 Å². The summed E-state index contributed by atoms with van der Waals surface area (Å²) >= 11 is 1.70. The number of carbonyl (C=O) groups is 2. The Bertz CT molecular complexity index is 463. The number of hydrogen-bond acceptors (Lipinski definition) is 3. The summed E-state index contributed by atoms with van der Waals surface area (Å²) in [6, 6.07) is 6.95. The smallest absolute Gasteiger partial charge is 0.321 e. The van der Waals surface area contributed by atoms with E-state index in [4.69, 9.17) is 0 Å². The lowest BCUT2D eigenvalue weighted by Gasteiger charge is -2.24. The Morgan fingerprint density at radius 1 is 1.42 bits per heavy atom. The van der Waals surface area contributed by atoms with Crippen LogP contribution in [-0.2, 0) is 0 Å². The molecule has 0 saturated carbocycles. The Balaban J connectivity index is 2.71. The lowest BCUT2D eigenvalue weighted by molar-refractivity contribution is 0.101. The van der Waals surface area contributed by atoms with Crippen molar-refractivity contribution in [2.75, 3.05) is 24.4 Å². The van der Waals surface area contributed by atoms with Crippen LogP contribution in [0.3, 0.4) is 0 Å². The fourth-order valence-electron chi connectivity index (χ4n) is 1.58. The van der Waals surface area contributed by atoms with Crippen LogP contribution in [0.25, 0.3) is 0 Å². The van der Waals surface area contributed by atoms with Gasteiger partial charge in [0.2, 0.25) is 0 Å². The second-order valence-electron chi connectivity index (χ2n) is 4.48. The zero-order valence-corrected chi connectivity index (χ0v) is 12.6. The highest BCUT2D eigenvalue weighted by molar-refractivity contribution is 7.98. The molecule has 1 N–H and O–H groups in total. The number of carbonyl (C=O) groups excluding carboxylic acids is 2. The third-order valence-electron chi connectivity index (χ3n) is 2.91. The minimum absolute atomic E-state index is 0.0137. The molecule has 1 atom stereocenters. The van der Waals surface area contributed by atoms with Crippen molar-refractivity contribution < 1.29 is 9.59 Å². The first-order chi connectivity index (χ1) is 8.95. The largest absolute Gasteiger partial charge is 0.324 e. The molecule has 2 amide bonds. The summed E-state index contributed by atoms with van der Waals surface area (Å²) < 4.78 is 0. The molecule has 0 aromatic heterocycles. The van der Waals surface area contributed by atoms with Crippen LogP contribution in [0.4, 0.5) is 10.5 Å². The SMILES string of the molecule is CSCC(C)N(C)C(=O)Nc1cccc(C(C)=O)c1. The molecule has 104 valence electrons. The standard InChI is InChI=1S/C14H20N2O2S/c1-10(9-19-4)16(3)14(18)15-13-7-5-6-12(8-13)11(2)17/h5-8,10H,9H2,1-4H3,(H,15,18). The molecule has 1 unspecified atom stereocenters. The van der Waals surface area contributed by atoms with E-state index in [1.807, 2.05) is 13.2 Å². The topological polar surface area (TPSA) is 49.4 Å². The van der Waals surface area contributed by atoms with Gasteiger partial charge in [0, 0.05) is 30.1 Å². The second kappa shape index (κ2) is 7.19. The predicted octanol–water partition coefficient (Wildman–Crippen LogP) is 3.10. The van der Waals surface area contributed by atoms with E-state index < -0.39 is 0 Å². The number of urea groups is 1. The van der Waals surface area contributed by atoms with Gasteiger partial charge in [-0.05, 0) is 32.2 Å². The summed E-state index contributed by atoms with van der Waals surface area (Å²) in [5.74, 6) is 0.873. The van der Waals surface area contributed by atoms with Crippen LogP contribution in [0.1, 0.15) is 24.2 Å². The van der Waals surface area contributed by atoms with Gasteiger partial charge in [-0.3, -0.25) is 4.79 Å². The van der Waals surface area contributed by atoms with Crippen molar-refractivity contribution in [1.29, 1.82) is 0 Å². The number of ketones is 1. The van der Waals surface area contributed by atoms with Crippen molar-refractivity contribution >= 4 is 29.3 Å². The fourth-order valence-corrected chi connectivity index (χ4v) is 2.29. The number of benzene rings is 1. The van der Waals surface area contributed by atoms with Gasteiger partial charge in [-0.25, -0.2) is 4.79 Å². The van der Waals surface area contributed by atoms with Crippen molar-refractivity contribution in [3.05, 3.63) is 29.8 Å². The number of Topliss-reactive ketones (excluding diaryl/α,β-unsaturated/α-hetero) is 1. The average Bonchev–Trinajstić information content (AvgIpc) is 2.38. The minimum atomic E-state index is -0.165. The van der Waals surface area contributed by atoms with E-state index in [2.05, 4.69) is 5.32 Å². The summed E-state index contributed by atoms with van der Waals surface area (Å²) in [7, 11) is 1.77. The van der Waals surface area contributed by atoms with Crippen molar-refractivity contribution in [2.45, 2.75) is 19.9 Å². The van der Waals surface area contributed by atoms with E-state index in [0.717, 1.165) is 5.75 Å². The number of amides is 2. The highest BCUT2D eigenvalue weighted by Crippen LogP contribution is 2.13. The van der Waals surface area contributed by atoms with Gasteiger partial charge in [0.15, 0.2) is 5.78 Å². The Morgan fingerprint density at radius 3 is 2.68 bits per heavy atom. The Kier molecular flexibility index (Phi) is 5.89. The molecule has 4 nitrogen and oxygen atoms in total. The predicted molar refractivity (Wildman–Crippen MR) is 81.1 cm³/mol. The van der Waals surface area contributed by atoms with Gasteiger partial charge in [0.25, 0.3) is 0 Å². The first-order valence-electron chi connectivity index (χ1n) is 6.09. The zero-order chi connectivity index (χ0) is 14.4. The van der Waals surface area contributed by atoms with Gasteiger partial charge in [-0.1, -0.05) is 12.1 Å². The van der Waals surface area contributed by atoms with Gasteiger partial charge in [-0.2, -0.15) is 11.8 Å². The summed E-state index contributed by atoms with van der Waals surface area (Å²) in [5.41, 5.74) is 1.23. The van der Waals surface area contributed by atoms with Crippen LogP contribution < -0.4 is 5.32 Å². The lowest BCUT2D eigenvalue weighted by atomic mass is 10.1. The van der Waals surface area contributed by atoms with E-state index in [9.17, 15) is 9.59 Å². The normalized spacial score (nSPS) is 11.8. The van der Waals surface area contributed by atoms with E-state index in [-0.39, 0.29) is 17.9 Å². The maximum Gasteiger partial charge on any atom is 0.321 e. The molecule has 0 aliphatic rings. The number of thioether (sulfide) groups is 1. The van der Waals surface area contributed by atoms with E-state index in [1.165, 1.54) is 6.92 Å². The lowest BCUT2D eigenvalue weighted by Crippen LogP contribution is -2.39. The van der Waals surface area contributed by atoms with Gasteiger partial charge >= 0.3 is 6.03 Å². The van der Waals surface area contributed by atoms with E-state index in [0.29, 0.717) is 11.3 Å². The maximum atomic E-state index is 12.0. The number of hydrogen-bond donors (Lipinski definition) is 1.